The third-order valence-corrected chi connectivity index (χ3v) is 5.91. The number of piperidine rings is 1. The standard InChI is InChI=1S/C16H23NO2S/c1-4-13(2)16-12-15(9-8-14(16)3)20(18,19)17-10-6-5-7-11-17/h4,8-9,12H,5-7,10-11H2,1-3H3/b13-4-. The van der Waals surface area contributed by atoms with Crippen molar-refractivity contribution in [1.29, 1.82) is 0 Å². The first-order valence-corrected chi connectivity index (χ1v) is 8.65. The molecule has 3 nitrogen and oxygen atoms in total. The molecule has 0 unspecified atom stereocenters. The van der Waals surface area contributed by atoms with Crippen LogP contribution in [0.1, 0.15) is 44.2 Å². The molecule has 20 heavy (non-hydrogen) atoms. The molecule has 0 aromatic heterocycles. The minimum Gasteiger partial charge on any atom is -0.207 e. The Hall–Kier alpha value is -1.13. The van der Waals surface area contributed by atoms with Crippen molar-refractivity contribution in [3.05, 3.63) is 35.4 Å². The Labute approximate surface area is 122 Å². The highest BCUT2D eigenvalue weighted by Crippen LogP contribution is 2.26. The number of hydrogen-bond acceptors (Lipinski definition) is 2. The second-order valence-electron chi connectivity index (χ2n) is 5.41. The monoisotopic (exact) mass is 293 g/mol. The van der Waals surface area contributed by atoms with Crippen LogP contribution in [-0.4, -0.2) is 25.8 Å². The van der Waals surface area contributed by atoms with E-state index < -0.39 is 10.0 Å². The number of allylic oxidation sites excluding steroid dienone is 2. The van der Waals surface area contributed by atoms with Gasteiger partial charge in [-0.1, -0.05) is 18.6 Å². The first kappa shape index (κ1) is 15.3. The number of benzene rings is 1. The van der Waals surface area contributed by atoms with E-state index in [2.05, 4.69) is 0 Å². The van der Waals surface area contributed by atoms with Gasteiger partial charge in [0, 0.05) is 13.1 Å². The van der Waals surface area contributed by atoms with Crippen LogP contribution in [-0.2, 0) is 10.0 Å². The molecule has 110 valence electrons. The summed E-state index contributed by atoms with van der Waals surface area (Å²) in [6.07, 6.45) is 5.07. The van der Waals surface area contributed by atoms with E-state index in [1.54, 1.807) is 10.4 Å². The smallest absolute Gasteiger partial charge is 0.207 e. The van der Waals surface area contributed by atoms with Crippen LogP contribution >= 0.6 is 0 Å². The van der Waals surface area contributed by atoms with Crippen molar-refractivity contribution in [2.24, 2.45) is 0 Å². The Balaban J connectivity index is 2.42. The Bertz CT molecular complexity index is 611. The zero-order valence-electron chi connectivity index (χ0n) is 12.5. The SMILES string of the molecule is C/C=C(/C)c1cc(S(=O)(=O)N2CCCCC2)ccc1C. The average Bonchev–Trinajstić information content (AvgIpc) is 2.47. The molecule has 1 aromatic rings. The Morgan fingerprint density at radius 2 is 1.85 bits per heavy atom. The molecule has 1 aromatic carbocycles. The van der Waals surface area contributed by atoms with Crippen LogP contribution in [0.4, 0.5) is 0 Å². The summed E-state index contributed by atoms with van der Waals surface area (Å²) in [6.45, 7) is 7.29. The van der Waals surface area contributed by atoms with Gasteiger partial charge >= 0.3 is 0 Å². The van der Waals surface area contributed by atoms with Crippen LogP contribution in [0.25, 0.3) is 5.57 Å². The highest BCUT2D eigenvalue weighted by atomic mass is 32.2. The molecular weight excluding hydrogens is 270 g/mol. The highest BCUT2D eigenvalue weighted by Gasteiger charge is 2.26. The fourth-order valence-electron chi connectivity index (χ4n) is 2.60. The summed E-state index contributed by atoms with van der Waals surface area (Å²) in [5.41, 5.74) is 3.24. The molecule has 0 radical (unpaired) electrons. The third kappa shape index (κ3) is 2.96. The lowest BCUT2D eigenvalue weighted by atomic mass is 10.0. The molecule has 1 heterocycles. The van der Waals surface area contributed by atoms with Crippen molar-refractivity contribution < 1.29 is 8.42 Å². The zero-order chi connectivity index (χ0) is 14.8. The maximum absolute atomic E-state index is 12.7. The van der Waals surface area contributed by atoms with Gasteiger partial charge in [-0.2, -0.15) is 4.31 Å². The van der Waals surface area contributed by atoms with Crippen LogP contribution in [0.2, 0.25) is 0 Å². The molecule has 0 saturated carbocycles. The summed E-state index contributed by atoms with van der Waals surface area (Å²) < 4.78 is 27.0. The second-order valence-corrected chi connectivity index (χ2v) is 7.35. The van der Waals surface area contributed by atoms with Gasteiger partial charge in [0.15, 0.2) is 0 Å². The topological polar surface area (TPSA) is 37.4 Å². The van der Waals surface area contributed by atoms with Crippen molar-refractivity contribution in [3.8, 4) is 0 Å². The predicted molar refractivity (Wildman–Crippen MR) is 83.1 cm³/mol. The summed E-state index contributed by atoms with van der Waals surface area (Å²) in [5.74, 6) is 0. The van der Waals surface area contributed by atoms with Gasteiger partial charge in [-0.15, -0.1) is 0 Å². The lowest BCUT2D eigenvalue weighted by Gasteiger charge is -2.26. The summed E-state index contributed by atoms with van der Waals surface area (Å²) in [7, 11) is -3.34. The maximum Gasteiger partial charge on any atom is 0.243 e. The number of sulfonamides is 1. The molecule has 1 aliphatic heterocycles. The molecule has 0 bridgehead atoms. The fourth-order valence-corrected chi connectivity index (χ4v) is 4.14. The van der Waals surface area contributed by atoms with E-state index in [1.807, 2.05) is 39.0 Å². The molecular formula is C16H23NO2S. The van der Waals surface area contributed by atoms with Gasteiger partial charge in [-0.3, -0.25) is 0 Å². The van der Waals surface area contributed by atoms with Crippen LogP contribution in [0, 0.1) is 6.92 Å². The van der Waals surface area contributed by atoms with Crippen molar-refractivity contribution >= 4 is 15.6 Å². The number of nitrogens with zero attached hydrogens (tertiary/aromatic N) is 1. The van der Waals surface area contributed by atoms with E-state index in [9.17, 15) is 8.42 Å². The van der Waals surface area contributed by atoms with Crippen LogP contribution in [0.5, 0.6) is 0 Å². The molecule has 1 fully saturated rings. The van der Waals surface area contributed by atoms with Gasteiger partial charge in [-0.05, 0) is 62.4 Å². The summed E-state index contributed by atoms with van der Waals surface area (Å²) in [6, 6.07) is 5.44. The van der Waals surface area contributed by atoms with E-state index in [4.69, 9.17) is 0 Å². The Morgan fingerprint density at radius 1 is 1.20 bits per heavy atom. The van der Waals surface area contributed by atoms with E-state index >= 15 is 0 Å². The van der Waals surface area contributed by atoms with Crippen LogP contribution in [0.3, 0.4) is 0 Å². The Kier molecular flexibility index (Phi) is 4.66. The third-order valence-electron chi connectivity index (χ3n) is 4.02. The Morgan fingerprint density at radius 3 is 2.45 bits per heavy atom. The van der Waals surface area contributed by atoms with Crippen molar-refractivity contribution in [2.75, 3.05) is 13.1 Å². The van der Waals surface area contributed by atoms with E-state index in [0.717, 1.165) is 36.0 Å². The van der Waals surface area contributed by atoms with Gasteiger partial charge in [0.05, 0.1) is 4.90 Å². The molecule has 1 saturated heterocycles. The number of hydrogen-bond donors (Lipinski definition) is 0. The van der Waals surface area contributed by atoms with Crippen LogP contribution in [0.15, 0.2) is 29.2 Å². The second kappa shape index (κ2) is 6.10. The first-order chi connectivity index (χ1) is 9.46. The summed E-state index contributed by atoms with van der Waals surface area (Å²) >= 11 is 0. The molecule has 2 rings (SSSR count). The summed E-state index contributed by atoms with van der Waals surface area (Å²) in [5, 5.41) is 0. The first-order valence-electron chi connectivity index (χ1n) is 7.21. The van der Waals surface area contributed by atoms with Crippen molar-refractivity contribution in [2.45, 2.75) is 44.9 Å². The van der Waals surface area contributed by atoms with Gasteiger partial charge in [0.25, 0.3) is 0 Å². The lowest BCUT2D eigenvalue weighted by molar-refractivity contribution is 0.346. The van der Waals surface area contributed by atoms with Gasteiger partial charge in [0.2, 0.25) is 10.0 Å². The van der Waals surface area contributed by atoms with E-state index in [1.165, 1.54) is 0 Å². The molecule has 0 atom stereocenters. The normalized spacial score (nSPS) is 18.2. The molecule has 4 heteroatoms. The van der Waals surface area contributed by atoms with E-state index in [-0.39, 0.29) is 0 Å². The van der Waals surface area contributed by atoms with Crippen LogP contribution < -0.4 is 0 Å². The average molecular weight is 293 g/mol. The molecule has 1 aliphatic rings. The van der Waals surface area contributed by atoms with Crippen molar-refractivity contribution in [3.63, 3.8) is 0 Å². The zero-order valence-corrected chi connectivity index (χ0v) is 13.3. The number of aryl methyl sites for hydroxylation is 1. The lowest BCUT2D eigenvalue weighted by Crippen LogP contribution is -2.35. The predicted octanol–water partition coefficient (Wildman–Crippen LogP) is 3.59. The number of rotatable bonds is 3. The van der Waals surface area contributed by atoms with Gasteiger partial charge < -0.3 is 0 Å². The molecule has 0 amide bonds. The highest BCUT2D eigenvalue weighted by molar-refractivity contribution is 7.89. The molecule has 0 aliphatic carbocycles. The largest absolute Gasteiger partial charge is 0.243 e. The van der Waals surface area contributed by atoms with E-state index in [0.29, 0.717) is 18.0 Å². The fraction of sp³-hybridized carbons (Fsp3) is 0.500. The van der Waals surface area contributed by atoms with Gasteiger partial charge in [0.1, 0.15) is 0 Å². The van der Waals surface area contributed by atoms with Crippen molar-refractivity contribution in [1.82, 2.24) is 4.31 Å². The minimum atomic E-state index is -3.34. The minimum absolute atomic E-state index is 0.418. The van der Waals surface area contributed by atoms with Gasteiger partial charge in [-0.25, -0.2) is 8.42 Å². The maximum atomic E-state index is 12.7. The molecule has 0 spiro atoms. The summed E-state index contributed by atoms with van der Waals surface area (Å²) in [4.78, 5) is 0.418. The molecule has 0 N–H and O–H groups in total. The quantitative estimate of drug-likeness (QED) is 0.854.